The van der Waals surface area contributed by atoms with Crippen LogP contribution in [0, 0.1) is 0 Å². The summed E-state index contributed by atoms with van der Waals surface area (Å²) < 4.78 is 22.8. The zero-order valence-corrected chi connectivity index (χ0v) is 34.7. The van der Waals surface area contributed by atoms with Crippen LogP contribution in [0.5, 0.6) is 0 Å². The van der Waals surface area contributed by atoms with Crippen molar-refractivity contribution in [2.24, 2.45) is 0 Å². The first-order valence-corrected chi connectivity index (χ1v) is 22.4. The molecule has 0 aromatic carbocycles. The molecule has 1 rings (SSSR count). The lowest BCUT2D eigenvalue weighted by atomic mass is 9.99. The zero-order chi connectivity index (χ0) is 39.3. The van der Waals surface area contributed by atoms with Gasteiger partial charge in [-0.05, 0) is 44.9 Å². The summed E-state index contributed by atoms with van der Waals surface area (Å²) in [6.45, 7) is 4.54. The second kappa shape index (κ2) is 37.3. The standard InChI is InChI=1S/C45H84O9/c1-3-5-7-9-11-13-15-17-18-19-20-21-23-25-27-29-31-33-35-51-37-39(38-52-45-44(50)43(49)42(48)40(36-46)54-45)53-41(47)34-32-30-28-26-24-22-16-14-12-10-8-6-4-2/h11,13,17-18,39-40,42-46,48-50H,3-10,12,14-16,19-38H2,1-2H3/b13-11-,18-17-. The van der Waals surface area contributed by atoms with Crippen LogP contribution in [-0.4, -0.2) is 89.6 Å². The normalized spacial score (nSPS) is 21.0. The first-order valence-electron chi connectivity index (χ1n) is 22.4. The van der Waals surface area contributed by atoms with Crippen molar-refractivity contribution in [1.29, 1.82) is 0 Å². The number of esters is 1. The lowest BCUT2D eigenvalue weighted by Gasteiger charge is -2.39. The van der Waals surface area contributed by atoms with E-state index in [0.717, 1.165) is 38.5 Å². The molecule has 0 aromatic rings. The molecule has 9 heteroatoms. The van der Waals surface area contributed by atoms with Gasteiger partial charge in [0.15, 0.2) is 6.29 Å². The van der Waals surface area contributed by atoms with Crippen LogP contribution in [-0.2, 0) is 23.7 Å². The second-order valence-electron chi connectivity index (χ2n) is 15.5. The van der Waals surface area contributed by atoms with E-state index in [1.54, 1.807) is 0 Å². The van der Waals surface area contributed by atoms with E-state index in [4.69, 9.17) is 18.9 Å². The molecule has 0 aromatic heterocycles. The number of hydrogen-bond donors (Lipinski definition) is 4. The van der Waals surface area contributed by atoms with E-state index in [2.05, 4.69) is 38.2 Å². The summed E-state index contributed by atoms with van der Waals surface area (Å²) >= 11 is 0. The topological polar surface area (TPSA) is 135 Å². The van der Waals surface area contributed by atoms with Gasteiger partial charge in [0.2, 0.25) is 0 Å². The van der Waals surface area contributed by atoms with Crippen LogP contribution in [0.1, 0.15) is 194 Å². The van der Waals surface area contributed by atoms with Gasteiger partial charge in [0.1, 0.15) is 30.5 Å². The molecule has 4 N–H and O–H groups in total. The molecule has 318 valence electrons. The number of hydrogen-bond acceptors (Lipinski definition) is 9. The molecule has 9 nitrogen and oxygen atoms in total. The number of rotatable bonds is 38. The molecule has 0 spiro atoms. The molecule has 54 heavy (non-hydrogen) atoms. The zero-order valence-electron chi connectivity index (χ0n) is 34.7. The summed E-state index contributed by atoms with van der Waals surface area (Å²) in [4.78, 5) is 12.7. The highest BCUT2D eigenvalue weighted by Gasteiger charge is 2.44. The van der Waals surface area contributed by atoms with Crippen molar-refractivity contribution in [3.63, 3.8) is 0 Å². The predicted molar refractivity (Wildman–Crippen MR) is 219 cm³/mol. The molecule has 0 saturated carbocycles. The van der Waals surface area contributed by atoms with Crippen molar-refractivity contribution < 1.29 is 44.2 Å². The van der Waals surface area contributed by atoms with Crippen LogP contribution < -0.4 is 0 Å². The number of ether oxygens (including phenoxy) is 4. The molecule has 1 heterocycles. The molecule has 1 fully saturated rings. The van der Waals surface area contributed by atoms with Gasteiger partial charge in [0.25, 0.3) is 0 Å². The van der Waals surface area contributed by atoms with E-state index in [9.17, 15) is 25.2 Å². The Morgan fingerprint density at radius 1 is 0.593 bits per heavy atom. The van der Waals surface area contributed by atoms with Crippen molar-refractivity contribution in [3.8, 4) is 0 Å². The van der Waals surface area contributed by atoms with Crippen molar-refractivity contribution in [2.75, 3.05) is 26.4 Å². The molecule has 1 aliphatic heterocycles. The SMILES string of the molecule is CCCCC/C=C\C/C=C\CCCCCCCCCCOCC(COC1OC(CO)C(O)C(O)C1O)OC(=O)CCCCCCCCCCCCCCC. The Morgan fingerprint density at radius 3 is 1.63 bits per heavy atom. The van der Waals surface area contributed by atoms with Gasteiger partial charge >= 0.3 is 5.97 Å². The minimum absolute atomic E-state index is 0.112. The Balaban J connectivity index is 2.26. The number of aliphatic hydroxyl groups excluding tert-OH is 4. The quantitative estimate of drug-likeness (QED) is 0.0275. The highest BCUT2D eigenvalue weighted by atomic mass is 16.7. The molecule has 0 bridgehead atoms. The summed E-state index contributed by atoms with van der Waals surface area (Å²) in [5, 5.41) is 40.1. The van der Waals surface area contributed by atoms with Gasteiger partial charge in [-0.1, -0.05) is 167 Å². The van der Waals surface area contributed by atoms with E-state index in [1.807, 2.05) is 0 Å². The van der Waals surface area contributed by atoms with Crippen molar-refractivity contribution >= 4 is 5.97 Å². The number of aliphatic hydroxyl groups is 4. The average Bonchev–Trinajstić information content (AvgIpc) is 3.17. The van der Waals surface area contributed by atoms with Crippen molar-refractivity contribution in [2.45, 2.75) is 230 Å². The summed E-state index contributed by atoms with van der Waals surface area (Å²) in [7, 11) is 0. The van der Waals surface area contributed by atoms with Gasteiger partial charge in [0, 0.05) is 13.0 Å². The number of carbonyl (C=O) groups is 1. The first kappa shape index (κ1) is 50.7. The van der Waals surface area contributed by atoms with Gasteiger partial charge in [0.05, 0.1) is 19.8 Å². The van der Waals surface area contributed by atoms with E-state index in [1.165, 1.54) is 135 Å². The Hall–Kier alpha value is -1.33. The Labute approximate surface area is 330 Å². The maximum absolute atomic E-state index is 12.7. The molecule has 1 saturated heterocycles. The van der Waals surface area contributed by atoms with Crippen LogP contribution in [0.15, 0.2) is 24.3 Å². The Morgan fingerprint density at radius 2 is 1.07 bits per heavy atom. The van der Waals surface area contributed by atoms with Gasteiger partial charge < -0.3 is 39.4 Å². The maximum Gasteiger partial charge on any atom is 0.306 e. The molecule has 6 unspecified atom stereocenters. The third-order valence-electron chi connectivity index (χ3n) is 10.4. The highest BCUT2D eigenvalue weighted by molar-refractivity contribution is 5.69. The van der Waals surface area contributed by atoms with Crippen LogP contribution in [0.2, 0.25) is 0 Å². The van der Waals surface area contributed by atoms with E-state index >= 15 is 0 Å². The molecule has 0 radical (unpaired) electrons. The monoisotopic (exact) mass is 769 g/mol. The Kier molecular flexibility index (Phi) is 35.0. The fourth-order valence-corrected chi connectivity index (χ4v) is 6.82. The summed E-state index contributed by atoms with van der Waals surface area (Å²) in [5.74, 6) is -0.314. The minimum atomic E-state index is -1.53. The van der Waals surface area contributed by atoms with Crippen LogP contribution in [0.25, 0.3) is 0 Å². The largest absolute Gasteiger partial charge is 0.457 e. The molecule has 0 aliphatic carbocycles. The fourth-order valence-electron chi connectivity index (χ4n) is 6.82. The fraction of sp³-hybridized carbons (Fsp3) is 0.889. The second-order valence-corrected chi connectivity index (χ2v) is 15.5. The predicted octanol–water partition coefficient (Wildman–Crippen LogP) is 9.81. The van der Waals surface area contributed by atoms with Gasteiger partial charge in [-0.2, -0.15) is 0 Å². The summed E-state index contributed by atoms with van der Waals surface area (Å²) in [6, 6.07) is 0. The maximum atomic E-state index is 12.7. The molecule has 0 amide bonds. The summed E-state index contributed by atoms with van der Waals surface area (Å²) in [5.41, 5.74) is 0. The third kappa shape index (κ3) is 28.1. The average molecular weight is 769 g/mol. The molecular formula is C45H84O9. The summed E-state index contributed by atoms with van der Waals surface area (Å²) in [6.07, 6.45) is 34.8. The highest BCUT2D eigenvalue weighted by Crippen LogP contribution is 2.22. The molecule has 1 aliphatic rings. The Bertz CT molecular complexity index is 879. The van der Waals surface area contributed by atoms with Crippen LogP contribution >= 0.6 is 0 Å². The van der Waals surface area contributed by atoms with E-state index in [-0.39, 0.29) is 19.2 Å². The molecule has 6 atom stereocenters. The molecular weight excluding hydrogens is 684 g/mol. The van der Waals surface area contributed by atoms with E-state index < -0.39 is 43.4 Å². The van der Waals surface area contributed by atoms with Crippen molar-refractivity contribution in [1.82, 2.24) is 0 Å². The third-order valence-corrected chi connectivity index (χ3v) is 10.4. The van der Waals surface area contributed by atoms with Gasteiger partial charge in [-0.25, -0.2) is 0 Å². The number of allylic oxidation sites excluding steroid dienone is 4. The first-order chi connectivity index (χ1) is 26.4. The van der Waals surface area contributed by atoms with Gasteiger partial charge in [-0.15, -0.1) is 0 Å². The van der Waals surface area contributed by atoms with Crippen molar-refractivity contribution in [3.05, 3.63) is 24.3 Å². The lowest BCUT2D eigenvalue weighted by Crippen LogP contribution is -2.59. The number of carbonyl (C=O) groups excluding carboxylic acids is 1. The van der Waals surface area contributed by atoms with E-state index in [0.29, 0.717) is 13.0 Å². The smallest absolute Gasteiger partial charge is 0.306 e. The number of unbranched alkanes of at least 4 members (excludes halogenated alkanes) is 23. The van der Waals surface area contributed by atoms with Gasteiger partial charge in [-0.3, -0.25) is 4.79 Å². The van der Waals surface area contributed by atoms with Crippen LogP contribution in [0.3, 0.4) is 0 Å². The minimum Gasteiger partial charge on any atom is -0.457 e. The van der Waals surface area contributed by atoms with Crippen LogP contribution in [0.4, 0.5) is 0 Å². The lowest BCUT2D eigenvalue weighted by molar-refractivity contribution is -0.305.